The molecule has 2 amide bonds. The van der Waals surface area contributed by atoms with Gasteiger partial charge in [0.2, 0.25) is 18.0 Å². The van der Waals surface area contributed by atoms with Crippen molar-refractivity contribution in [1.82, 2.24) is 9.80 Å². The SMILES string of the molecule is CC(C)C1=NC(N2CCN(C(=O)C3CCOCC3)CC2)=NC(=O)C1F. The molecule has 7 nitrogen and oxygen atoms in total. The fraction of sp³-hybridized carbons (Fsp3) is 0.765. The van der Waals surface area contributed by atoms with Crippen molar-refractivity contribution in [2.45, 2.75) is 32.9 Å². The van der Waals surface area contributed by atoms with Crippen molar-refractivity contribution in [3.05, 3.63) is 0 Å². The average Bonchev–Trinajstić information content (AvgIpc) is 2.64. The number of hydrogen-bond donors (Lipinski definition) is 0. The fourth-order valence-corrected chi connectivity index (χ4v) is 3.37. The Hall–Kier alpha value is -1.83. The van der Waals surface area contributed by atoms with Crippen molar-refractivity contribution >= 4 is 23.5 Å². The Labute approximate surface area is 146 Å². The number of halogens is 1. The monoisotopic (exact) mass is 352 g/mol. The van der Waals surface area contributed by atoms with Gasteiger partial charge in [-0.25, -0.2) is 9.38 Å². The summed E-state index contributed by atoms with van der Waals surface area (Å²) < 4.78 is 19.2. The van der Waals surface area contributed by atoms with Crippen LogP contribution in [0.25, 0.3) is 0 Å². The molecule has 25 heavy (non-hydrogen) atoms. The molecule has 0 aromatic carbocycles. The summed E-state index contributed by atoms with van der Waals surface area (Å²) in [6.45, 7) is 7.14. The van der Waals surface area contributed by atoms with Gasteiger partial charge in [-0.1, -0.05) is 13.8 Å². The Balaban J connectivity index is 1.61. The quantitative estimate of drug-likeness (QED) is 0.740. The van der Waals surface area contributed by atoms with E-state index in [1.807, 2.05) is 23.6 Å². The molecule has 2 saturated heterocycles. The minimum atomic E-state index is -1.74. The van der Waals surface area contributed by atoms with Gasteiger partial charge in [0.05, 0.1) is 5.71 Å². The van der Waals surface area contributed by atoms with Gasteiger partial charge in [0, 0.05) is 45.3 Å². The summed E-state index contributed by atoms with van der Waals surface area (Å²) in [5.41, 5.74) is 0.232. The standard InChI is InChI=1S/C17H25FN4O3/c1-11(2)14-13(18)15(23)20-17(19-14)22-7-5-21(6-8-22)16(24)12-3-9-25-10-4-12/h11-13H,3-10H2,1-2H3. The predicted octanol–water partition coefficient (Wildman–Crippen LogP) is 0.888. The maximum absolute atomic E-state index is 13.9. The molecule has 1 unspecified atom stereocenters. The number of amides is 2. The second kappa shape index (κ2) is 7.59. The normalized spacial score (nSPS) is 25.9. The van der Waals surface area contributed by atoms with E-state index in [1.165, 1.54) is 0 Å². The number of ether oxygens (including phenoxy) is 1. The van der Waals surface area contributed by atoms with Gasteiger partial charge in [0.25, 0.3) is 5.91 Å². The van der Waals surface area contributed by atoms with Gasteiger partial charge in [-0.2, -0.15) is 4.99 Å². The lowest BCUT2D eigenvalue weighted by Gasteiger charge is -2.38. The Morgan fingerprint density at radius 1 is 1.16 bits per heavy atom. The second-order valence-electron chi connectivity index (χ2n) is 7.00. The molecule has 0 radical (unpaired) electrons. The molecule has 0 aliphatic carbocycles. The van der Waals surface area contributed by atoms with Crippen LogP contribution in [0.1, 0.15) is 26.7 Å². The van der Waals surface area contributed by atoms with Crippen molar-refractivity contribution < 1.29 is 18.7 Å². The summed E-state index contributed by atoms with van der Waals surface area (Å²) >= 11 is 0. The molecule has 0 spiro atoms. The highest BCUT2D eigenvalue weighted by Gasteiger charge is 2.34. The minimum Gasteiger partial charge on any atom is -0.381 e. The van der Waals surface area contributed by atoms with E-state index >= 15 is 0 Å². The maximum atomic E-state index is 13.9. The van der Waals surface area contributed by atoms with Crippen molar-refractivity contribution in [2.24, 2.45) is 21.8 Å². The smallest absolute Gasteiger partial charge is 0.289 e. The van der Waals surface area contributed by atoms with Gasteiger partial charge >= 0.3 is 0 Å². The zero-order chi connectivity index (χ0) is 18.0. The zero-order valence-electron chi connectivity index (χ0n) is 14.8. The number of carbonyl (C=O) groups excluding carboxylic acids is 2. The summed E-state index contributed by atoms with van der Waals surface area (Å²) in [5.74, 6) is -0.428. The number of aliphatic imine (C=N–C) groups is 2. The fourth-order valence-electron chi connectivity index (χ4n) is 3.37. The molecule has 0 saturated carbocycles. The predicted molar refractivity (Wildman–Crippen MR) is 91.3 cm³/mol. The first-order valence-electron chi connectivity index (χ1n) is 8.94. The Morgan fingerprint density at radius 3 is 2.40 bits per heavy atom. The van der Waals surface area contributed by atoms with Gasteiger partial charge in [-0.05, 0) is 18.8 Å². The van der Waals surface area contributed by atoms with Crippen molar-refractivity contribution in [3.8, 4) is 0 Å². The Morgan fingerprint density at radius 2 is 1.80 bits per heavy atom. The van der Waals surface area contributed by atoms with Gasteiger partial charge in [-0.3, -0.25) is 9.59 Å². The van der Waals surface area contributed by atoms with Crippen molar-refractivity contribution in [3.63, 3.8) is 0 Å². The number of carbonyl (C=O) groups is 2. The average molecular weight is 352 g/mol. The summed E-state index contributed by atoms with van der Waals surface area (Å²) in [6, 6.07) is 0. The molecule has 8 heteroatoms. The number of guanidine groups is 1. The molecule has 3 aliphatic rings. The van der Waals surface area contributed by atoms with E-state index in [-0.39, 0.29) is 29.4 Å². The number of rotatable bonds is 2. The first-order valence-corrected chi connectivity index (χ1v) is 8.94. The van der Waals surface area contributed by atoms with Crippen LogP contribution in [-0.4, -0.2) is 78.8 Å². The lowest BCUT2D eigenvalue weighted by Crippen LogP contribution is -2.53. The van der Waals surface area contributed by atoms with E-state index in [0.717, 1.165) is 12.8 Å². The molecule has 3 aliphatic heterocycles. The highest BCUT2D eigenvalue weighted by molar-refractivity contribution is 6.18. The van der Waals surface area contributed by atoms with Crippen LogP contribution in [-0.2, 0) is 14.3 Å². The largest absolute Gasteiger partial charge is 0.381 e. The summed E-state index contributed by atoms with van der Waals surface area (Å²) in [6.07, 6.45) is -0.180. The molecule has 2 fully saturated rings. The molecule has 0 aromatic rings. The van der Waals surface area contributed by atoms with Crippen LogP contribution >= 0.6 is 0 Å². The second-order valence-corrected chi connectivity index (χ2v) is 7.00. The van der Waals surface area contributed by atoms with Gasteiger partial charge < -0.3 is 14.5 Å². The maximum Gasteiger partial charge on any atom is 0.289 e. The molecule has 0 bridgehead atoms. The van der Waals surface area contributed by atoms with Crippen LogP contribution in [0.15, 0.2) is 9.98 Å². The number of nitrogens with zero attached hydrogens (tertiary/aromatic N) is 4. The van der Waals surface area contributed by atoms with E-state index in [4.69, 9.17) is 4.74 Å². The highest BCUT2D eigenvalue weighted by atomic mass is 19.1. The highest BCUT2D eigenvalue weighted by Crippen LogP contribution is 2.20. The van der Waals surface area contributed by atoms with E-state index < -0.39 is 12.1 Å². The van der Waals surface area contributed by atoms with E-state index in [9.17, 15) is 14.0 Å². The first-order chi connectivity index (χ1) is 12.0. The van der Waals surface area contributed by atoms with Crippen LogP contribution in [0, 0.1) is 11.8 Å². The lowest BCUT2D eigenvalue weighted by atomic mass is 9.98. The lowest BCUT2D eigenvalue weighted by molar-refractivity contribution is -0.139. The molecule has 1 atom stereocenters. The summed E-state index contributed by atoms with van der Waals surface area (Å²) in [4.78, 5) is 36.2. The minimum absolute atomic E-state index is 0.0479. The third-order valence-corrected chi connectivity index (χ3v) is 4.95. The topological polar surface area (TPSA) is 74.6 Å². The van der Waals surface area contributed by atoms with E-state index in [1.54, 1.807) is 0 Å². The van der Waals surface area contributed by atoms with Crippen LogP contribution in [0.4, 0.5) is 4.39 Å². The summed E-state index contributed by atoms with van der Waals surface area (Å²) in [5, 5.41) is 0. The van der Waals surface area contributed by atoms with Crippen molar-refractivity contribution in [1.29, 1.82) is 0 Å². The number of hydrogen-bond acceptors (Lipinski definition) is 5. The van der Waals surface area contributed by atoms with Crippen LogP contribution in [0.3, 0.4) is 0 Å². The van der Waals surface area contributed by atoms with E-state index in [2.05, 4.69) is 9.98 Å². The van der Waals surface area contributed by atoms with Gasteiger partial charge in [0.1, 0.15) is 0 Å². The third kappa shape index (κ3) is 3.89. The Bertz CT molecular complexity index is 591. The zero-order valence-corrected chi connectivity index (χ0v) is 14.8. The molecule has 3 rings (SSSR count). The molecule has 0 aromatic heterocycles. The Kier molecular flexibility index (Phi) is 5.46. The molecule has 3 heterocycles. The molecular weight excluding hydrogens is 327 g/mol. The molecule has 0 N–H and O–H groups in total. The molecule has 138 valence electrons. The number of alkyl halides is 1. The van der Waals surface area contributed by atoms with Crippen LogP contribution in [0.5, 0.6) is 0 Å². The molecular formula is C17H25FN4O3. The number of piperazine rings is 1. The van der Waals surface area contributed by atoms with Crippen molar-refractivity contribution in [2.75, 3.05) is 39.4 Å². The summed E-state index contributed by atoms with van der Waals surface area (Å²) in [7, 11) is 0. The first kappa shape index (κ1) is 18.0. The van der Waals surface area contributed by atoms with Crippen LogP contribution < -0.4 is 0 Å². The third-order valence-electron chi connectivity index (χ3n) is 4.95. The van der Waals surface area contributed by atoms with Gasteiger partial charge in [-0.15, -0.1) is 0 Å². The van der Waals surface area contributed by atoms with E-state index in [0.29, 0.717) is 39.4 Å². The van der Waals surface area contributed by atoms with Gasteiger partial charge in [0.15, 0.2) is 0 Å². The van der Waals surface area contributed by atoms with Crippen LogP contribution in [0.2, 0.25) is 0 Å².